The zero-order chi connectivity index (χ0) is 23.1. The van der Waals surface area contributed by atoms with E-state index in [0.29, 0.717) is 5.56 Å². The molecular weight excluding hydrogens is 407 g/mol. The largest absolute Gasteiger partial charge is 0.480 e. The molecule has 0 aliphatic heterocycles. The van der Waals surface area contributed by atoms with Crippen LogP contribution >= 0.6 is 0 Å². The van der Waals surface area contributed by atoms with Crippen LogP contribution in [0.15, 0.2) is 24.3 Å². The molecule has 0 aliphatic rings. The highest BCUT2D eigenvalue weighted by atomic mass is 28.4. The average Bonchev–Trinajstić information content (AvgIpc) is 2.58. The predicted octanol–water partition coefficient (Wildman–Crippen LogP) is 2.85. The Morgan fingerprint density at radius 2 is 1.80 bits per heavy atom. The van der Waals surface area contributed by atoms with Crippen LogP contribution in [0.1, 0.15) is 39.7 Å². The van der Waals surface area contributed by atoms with Gasteiger partial charge in [0.05, 0.1) is 0 Å². The number of carboxylic acids is 1. The van der Waals surface area contributed by atoms with E-state index in [1.807, 2.05) is 0 Å². The number of nitrogens with one attached hydrogen (secondary N) is 2. The number of rotatable bonds is 10. The van der Waals surface area contributed by atoms with E-state index in [0.717, 1.165) is 0 Å². The number of aliphatic carboxylic acids is 1. The van der Waals surface area contributed by atoms with Crippen molar-refractivity contribution in [1.29, 1.82) is 0 Å². The summed E-state index contributed by atoms with van der Waals surface area (Å²) in [6, 6.07) is 3.50. The smallest absolute Gasteiger partial charge is 0.326 e. The maximum atomic E-state index is 13.4. The molecule has 1 rings (SSSR count). The lowest BCUT2D eigenvalue weighted by molar-refractivity contribution is -0.142. The second-order valence-electron chi connectivity index (χ2n) is 8.88. The van der Waals surface area contributed by atoms with Crippen LogP contribution in [0, 0.1) is 5.82 Å². The Labute approximate surface area is 178 Å². The molecule has 0 saturated heterocycles. The van der Waals surface area contributed by atoms with Crippen molar-refractivity contribution in [3.8, 4) is 0 Å². The maximum absolute atomic E-state index is 13.4. The van der Waals surface area contributed by atoms with Crippen molar-refractivity contribution in [2.24, 2.45) is 0 Å². The summed E-state index contributed by atoms with van der Waals surface area (Å²) in [5.41, 5.74) is 0.511. The van der Waals surface area contributed by atoms with Crippen molar-refractivity contribution in [2.45, 2.75) is 70.8 Å². The fourth-order valence-electron chi connectivity index (χ4n) is 2.53. The van der Waals surface area contributed by atoms with Crippen LogP contribution in [0.3, 0.4) is 0 Å². The van der Waals surface area contributed by atoms with E-state index in [9.17, 15) is 23.9 Å². The summed E-state index contributed by atoms with van der Waals surface area (Å²) in [6.45, 7) is 11.8. The van der Waals surface area contributed by atoms with Gasteiger partial charge in [0.25, 0.3) is 0 Å². The Kier molecular flexibility index (Phi) is 9.17. The van der Waals surface area contributed by atoms with Crippen molar-refractivity contribution in [2.75, 3.05) is 6.61 Å². The van der Waals surface area contributed by atoms with Crippen LogP contribution in [0.2, 0.25) is 18.1 Å². The van der Waals surface area contributed by atoms with Crippen LogP contribution in [-0.2, 0) is 25.2 Å². The van der Waals surface area contributed by atoms with Gasteiger partial charge in [0.15, 0.2) is 8.32 Å². The number of halogens is 1. The summed E-state index contributed by atoms with van der Waals surface area (Å²) in [4.78, 5) is 35.8. The van der Waals surface area contributed by atoms with Crippen molar-refractivity contribution in [3.05, 3.63) is 35.6 Å². The molecule has 2 amide bonds. The minimum absolute atomic E-state index is 0.0174. The molecule has 168 valence electrons. The number of amides is 2. The van der Waals surface area contributed by atoms with Gasteiger partial charge in [-0.3, -0.25) is 9.59 Å². The Bertz CT molecular complexity index is 764. The van der Waals surface area contributed by atoms with Gasteiger partial charge in [-0.2, -0.15) is 0 Å². The highest BCUT2D eigenvalue weighted by Gasteiger charge is 2.37. The first-order valence-corrected chi connectivity index (χ1v) is 12.8. The first-order valence-electron chi connectivity index (χ1n) is 9.91. The van der Waals surface area contributed by atoms with Gasteiger partial charge >= 0.3 is 5.97 Å². The van der Waals surface area contributed by atoms with Gasteiger partial charge in [0.1, 0.15) is 17.9 Å². The van der Waals surface area contributed by atoms with E-state index in [4.69, 9.17) is 4.43 Å². The molecule has 7 nitrogen and oxygen atoms in total. The van der Waals surface area contributed by atoms with E-state index in [2.05, 4.69) is 44.5 Å². The van der Waals surface area contributed by atoms with Crippen LogP contribution in [-0.4, -0.2) is 49.9 Å². The second-order valence-corrected chi connectivity index (χ2v) is 13.7. The van der Waals surface area contributed by atoms with Gasteiger partial charge in [-0.1, -0.05) is 32.9 Å². The van der Waals surface area contributed by atoms with E-state index in [1.165, 1.54) is 25.1 Å². The predicted molar refractivity (Wildman–Crippen MR) is 115 cm³/mol. The number of hydrogen-bond donors (Lipinski definition) is 3. The van der Waals surface area contributed by atoms with E-state index in [-0.39, 0.29) is 24.5 Å². The molecule has 0 aliphatic carbocycles. The van der Waals surface area contributed by atoms with Crippen molar-refractivity contribution >= 4 is 26.1 Å². The zero-order valence-corrected chi connectivity index (χ0v) is 19.5. The first kappa shape index (κ1) is 25.8. The fourth-order valence-corrected chi connectivity index (χ4v) is 3.59. The molecule has 0 spiro atoms. The monoisotopic (exact) mass is 440 g/mol. The number of hydrogen-bond acceptors (Lipinski definition) is 4. The van der Waals surface area contributed by atoms with Gasteiger partial charge in [-0.25, -0.2) is 9.18 Å². The van der Waals surface area contributed by atoms with E-state index in [1.54, 1.807) is 6.07 Å². The lowest BCUT2D eigenvalue weighted by Gasteiger charge is -2.36. The summed E-state index contributed by atoms with van der Waals surface area (Å²) in [5.74, 6) is -2.73. The Balaban J connectivity index is 2.81. The first-order chi connectivity index (χ1) is 13.7. The van der Waals surface area contributed by atoms with Gasteiger partial charge in [-0.15, -0.1) is 0 Å². The fraction of sp³-hybridized carbons (Fsp3) is 0.571. The van der Waals surface area contributed by atoms with E-state index < -0.39 is 44.0 Å². The summed E-state index contributed by atoms with van der Waals surface area (Å²) in [5, 5.41) is 14.5. The zero-order valence-electron chi connectivity index (χ0n) is 18.5. The third-order valence-corrected chi connectivity index (χ3v) is 9.85. The number of benzene rings is 1. The third kappa shape index (κ3) is 8.23. The Morgan fingerprint density at radius 3 is 2.30 bits per heavy atom. The number of carbonyl (C=O) groups excluding carboxylic acids is 2. The number of carbonyl (C=O) groups is 3. The minimum atomic E-state index is -2.04. The molecule has 0 fully saturated rings. The van der Waals surface area contributed by atoms with Crippen molar-refractivity contribution in [1.82, 2.24) is 10.6 Å². The molecule has 0 aromatic heterocycles. The second kappa shape index (κ2) is 10.7. The highest BCUT2D eigenvalue weighted by Crippen LogP contribution is 2.36. The molecule has 1 aromatic rings. The third-order valence-electron chi connectivity index (χ3n) is 5.31. The van der Waals surface area contributed by atoms with Gasteiger partial charge in [-0.05, 0) is 35.8 Å². The SMILES string of the molecule is CC(=O)N[C@@H](Cc1cccc(F)c1)C(=O)N[C@H](CCO[Si](C)(C)C(C)(C)C)C(=O)O. The molecule has 3 N–H and O–H groups in total. The molecule has 30 heavy (non-hydrogen) atoms. The molecule has 1 aromatic carbocycles. The molecule has 0 radical (unpaired) electrons. The van der Waals surface area contributed by atoms with Crippen molar-refractivity contribution < 1.29 is 28.3 Å². The van der Waals surface area contributed by atoms with Crippen LogP contribution in [0.4, 0.5) is 4.39 Å². The quantitative estimate of drug-likeness (QED) is 0.485. The van der Waals surface area contributed by atoms with Gasteiger partial charge in [0.2, 0.25) is 11.8 Å². The molecule has 0 unspecified atom stereocenters. The van der Waals surface area contributed by atoms with Crippen LogP contribution in [0.5, 0.6) is 0 Å². The molecule has 0 bridgehead atoms. The maximum Gasteiger partial charge on any atom is 0.326 e. The summed E-state index contributed by atoms with van der Waals surface area (Å²) in [6.07, 6.45) is 0.135. The van der Waals surface area contributed by atoms with Crippen LogP contribution < -0.4 is 10.6 Å². The van der Waals surface area contributed by atoms with Gasteiger partial charge in [0, 0.05) is 26.4 Å². The summed E-state index contributed by atoms with van der Waals surface area (Å²) >= 11 is 0. The van der Waals surface area contributed by atoms with Gasteiger partial charge < -0.3 is 20.2 Å². The minimum Gasteiger partial charge on any atom is -0.480 e. The Morgan fingerprint density at radius 1 is 1.17 bits per heavy atom. The average molecular weight is 441 g/mol. The molecule has 9 heteroatoms. The molecular formula is C21H33FN2O5Si. The van der Waals surface area contributed by atoms with E-state index >= 15 is 0 Å². The highest BCUT2D eigenvalue weighted by molar-refractivity contribution is 6.74. The lowest BCUT2D eigenvalue weighted by Crippen LogP contribution is -2.52. The molecule has 0 heterocycles. The standard InChI is InChI=1S/C21H33FN2O5Si/c1-14(25)23-18(13-15-8-7-9-16(22)12-15)19(26)24-17(20(27)28)10-11-29-30(5,6)21(2,3)4/h7-9,12,17-18H,10-11,13H2,1-6H3,(H,23,25)(H,24,26)(H,27,28)/t17-,18+/m1/s1. The van der Waals surface area contributed by atoms with Crippen molar-refractivity contribution in [3.63, 3.8) is 0 Å². The molecule has 0 saturated carbocycles. The summed E-state index contributed by atoms with van der Waals surface area (Å²) in [7, 11) is -2.04. The topological polar surface area (TPSA) is 105 Å². The lowest BCUT2D eigenvalue weighted by atomic mass is 10.0. The summed E-state index contributed by atoms with van der Waals surface area (Å²) < 4.78 is 19.4. The van der Waals surface area contributed by atoms with Crippen LogP contribution in [0.25, 0.3) is 0 Å². The molecule has 2 atom stereocenters. The normalized spacial score (nSPS) is 14.0. The number of carboxylic acid groups (broad SMARTS) is 1. The Hall–Kier alpha value is -2.26.